The van der Waals surface area contributed by atoms with Crippen molar-refractivity contribution in [1.82, 2.24) is 31.9 Å². The van der Waals surface area contributed by atoms with E-state index in [1.807, 2.05) is 0 Å². The number of amides is 5. The lowest BCUT2D eigenvalue weighted by atomic mass is 9.84. The molecule has 0 radical (unpaired) electrons. The largest absolute Gasteiger partial charge is 0.481 e. The summed E-state index contributed by atoms with van der Waals surface area (Å²) in [6.07, 6.45) is 2.96. The molecule has 19 nitrogen and oxygen atoms in total. The molecule has 1 saturated heterocycles. The van der Waals surface area contributed by atoms with E-state index in [9.17, 15) is 53.4 Å². The lowest BCUT2D eigenvalue weighted by Gasteiger charge is -2.29. The van der Waals surface area contributed by atoms with Crippen molar-refractivity contribution >= 4 is 53.4 Å². The average Bonchev–Trinajstić information content (AvgIpc) is 3.61. The van der Waals surface area contributed by atoms with Crippen LogP contribution in [0, 0.1) is 5.92 Å². The van der Waals surface area contributed by atoms with Crippen LogP contribution in [0.2, 0.25) is 0 Å². The summed E-state index contributed by atoms with van der Waals surface area (Å²) in [5.74, 6) is -9.38. The maximum Gasteiger partial charge on any atom is 0.326 e. The minimum atomic E-state index is -1.53. The molecular weight excluding hydrogens is 676 g/mol. The normalized spacial score (nSPS) is 18.9. The monoisotopic (exact) mass is 726 g/mol. The third-order valence-electron chi connectivity index (χ3n) is 8.88. The molecule has 51 heavy (non-hydrogen) atoms. The van der Waals surface area contributed by atoms with E-state index in [1.165, 1.54) is 6.92 Å². The van der Waals surface area contributed by atoms with Gasteiger partial charge in [0, 0.05) is 19.3 Å². The van der Waals surface area contributed by atoms with Gasteiger partial charge >= 0.3 is 23.9 Å². The predicted octanol–water partition coefficient (Wildman–Crippen LogP) is -1.17. The number of hydrogen-bond acceptors (Lipinski definition) is 10. The van der Waals surface area contributed by atoms with Crippen molar-refractivity contribution in [3.05, 3.63) is 0 Å². The van der Waals surface area contributed by atoms with Gasteiger partial charge < -0.3 is 52.3 Å². The standard InChI is InChI=1S/C32H50N6O13/c1-17(27(45)38-23(16-18-6-3-2-4-7-18)31(49)37-22(32(50)51)11-14-26(43)44)34-29(47)20(9-12-24(39)40)36-30(48)21(10-13-25(41)42)35-28(46)19-8-5-15-33-19/h17-23,33H,2-16H2,1H3,(H,34,47)(H,35,46)(H,36,48)(H,37,49)(H,38,45)(H,39,40)(H,41,42)(H,43,44)(H,50,51)/t17-,19-,20-,21-,22+,23-/m0/s1. The number of nitrogens with one attached hydrogen (secondary N) is 6. The van der Waals surface area contributed by atoms with Gasteiger partial charge in [-0.2, -0.15) is 0 Å². The molecule has 1 aliphatic carbocycles. The number of aliphatic carboxylic acids is 4. The fourth-order valence-electron chi connectivity index (χ4n) is 5.99. The molecule has 2 rings (SSSR count). The van der Waals surface area contributed by atoms with Crippen molar-refractivity contribution in [3.8, 4) is 0 Å². The van der Waals surface area contributed by atoms with E-state index in [2.05, 4.69) is 31.9 Å². The molecule has 0 unspecified atom stereocenters. The van der Waals surface area contributed by atoms with Crippen LogP contribution < -0.4 is 31.9 Å². The van der Waals surface area contributed by atoms with E-state index < -0.39 is 122 Å². The minimum Gasteiger partial charge on any atom is -0.481 e. The summed E-state index contributed by atoms with van der Waals surface area (Å²) in [6.45, 7) is 1.85. The van der Waals surface area contributed by atoms with Gasteiger partial charge in [-0.15, -0.1) is 0 Å². The highest BCUT2D eigenvalue weighted by molar-refractivity contribution is 5.96. The molecule has 0 aromatic carbocycles. The summed E-state index contributed by atoms with van der Waals surface area (Å²) >= 11 is 0. The van der Waals surface area contributed by atoms with Gasteiger partial charge in [-0.1, -0.05) is 32.1 Å². The first-order chi connectivity index (χ1) is 24.1. The second-order valence-electron chi connectivity index (χ2n) is 13.0. The molecule has 0 aromatic heterocycles. The maximum absolute atomic E-state index is 13.3. The van der Waals surface area contributed by atoms with Gasteiger partial charge in [0.2, 0.25) is 29.5 Å². The van der Waals surface area contributed by atoms with Crippen LogP contribution >= 0.6 is 0 Å². The highest BCUT2D eigenvalue weighted by atomic mass is 16.4. The van der Waals surface area contributed by atoms with Gasteiger partial charge in [0.05, 0.1) is 6.04 Å². The SMILES string of the molecule is C[C@H](NC(=O)[C@H](CCC(=O)O)NC(=O)[C@H](CCC(=O)O)NC(=O)[C@@H]1CCCN1)C(=O)N[C@@H](CC1CCCCC1)C(=O)N[C@H](CCC(=O)O)C(=O)O. The third kappa shape index (κ3) is 15.7. The fourth-order valence-corrected chi connectivity index (χ4v) is 5.99. The molecule has 5 amide bonds. The molecule has 0 spiro atoms. The molecule has 286 valence electrons. The average molecular weight is 727 g/mol. The first-order valence-corrected chi connectivity index (χ1v) is 17.2. The Morgan fingerprint density at radius 3 is 1.55 bits per heavy atom. The number of carboxylic acid groups (broad SMARTS) is 4. The Balaban J connectivity index is 2.17. The molecule has 1 aliphatic heterocycles. The van der Waals surface area contributed by atoms with Crippen LogP contribution in [-0.4, -0.2) is 117 Å². The second-order valence-corrected chi connectivity index (χ2v) is 13.0. The van der Waals surface area contributed by atoms with Crippen LogP contribution in [0.4, 0.5) is 0 Å². The molecule has 19 heteroatoms. The molecule has 0 aromatic rings. The van der Waals surface area contributed by atoms with Gasteiger partial charge in [-0.05, 0) is 57.9 Å². The summed E-state index contributed by atoms with van der Waals surface area (Å²) in [6, 6.07) is -7.61. The summed E-state index contributed by atoms with van der Waals surface area (Å²) in [4.78, 5) is 111. The number of hydrogen-bond donors (Lipinski definition) is 10. The van der Waals surface area contributed by atoms with Crippen molar-refractivity contribution in [2.75, 3.05) is 6.54 Å². The van der Waals surface area contributed by atoms with Gasteiger partial charge in [0.15, 0.2) is 0 Å². The molecule has 6 atom stereocenters. The Hall–Kier alpha value is -4.81. The summed E-state index contributed by atoms with van der Waals surface area (Å²) < 4.78 is 0. The van der Waals surface area contributed by atoms with Gasteiger partial charge in [-0.3, -0.25) is 38.4 Å². The van der Waals surface area contributed by atoms with Crippen molar-refractivity contribution in [1.29, 1.82) is 0 Å². The molecule has 0 bridgehead atoms. The topological polar surface area (TPSA) is 307 Å². The highest BCUT2D eigenvalue weighted by Gasteiger charge is 2.34. The van der Waals surface area contributed by atoms with Crippen molar-refractivity contribution in [2.24, 2.45) is 5.92 Å². The van der Waals surface area contributed by atoms with E-state index in [4.69, 9.17) is 10.2 Å². The number of rotatable bonds is 22. The Morgan fingerprint density at radius 1 is 0.569 bits per heavy atom. The van der Waals surface area contributed by atoms with E-state index in [-0.39, 0.29) is 18.8 Å². The van der Waals surface area contributed by atoms with E-state index in [0.29, 0.717) is 13.0 Å². The van der Waals surface area contributed by atoms with Crippen molar-refractivity contribution < 1.29 is 63.6 Å². The number of carbonyl (C=O) groups excluding carboxylic acids is 5. The molecule has 1 saturated carbocycles. The second kappa shape index (κ2) is 21.4. The minimum absolute atomic E-state index is 0.0246. The van der Waals surface area contributed by atoms with Crippen LogP contribution in [0.5, 0.6) is 0 Å². The number of carbonyl (C=O) groups is 9. The smallest absolute Gasteiger partial charge is 0.326 e. The van der Waals surface area contributed by atoms with Gasteiger partial charge in [-0.25, -0.2) is 4.79 Å². The zero-order chi connectivity index (χ0) is 38.1. The summed E-state index contributed by atoms with van der Waals surface area (Å²) in [5.41, 5.74) is 0. The maximum atomic E-state index is 13.3. The first-order valence-electron chi connectivity index (χ1n) is 17.2. The fraction of sp³-hybridized carbons (Fsp3) is 0.719. The highest BCUT2D eigenvalue weighted by Crippen LogP contribution is 2.27. The zero-order valence-corrected chi connectivity index (χ0v) is 28.6. The first kappa shape index (κ1) is 42.4. The zero-order valence-electron chi connectivity index (χ0n) is 28.6. The molecule has 2 fully saturated rings. The Labute approximate surface area is 294 Å². The van der Waals surface area contributed by atoms with E-state index in [0.717, 1.165) is 38.5 Å². The van der Waals surface area contributed by atoms with Crippen LogP contribution in [0.3, 0.4) is 0 Å². The van der Waals surface area contributed by atoms with Crippen LogP contribution in [0.1, 0.15) is 96.8 Å². The Morgan fingerprint density at radius 2 is 1.04 bits per heavy atom. The Kier molecular flexibility index (Phi) is 17.8. The predicted molar refractivity (Wildman–Crippen MR) is 176 cm³/mol. The quantitative estimate of drug-likeness (QED) is 0.0629. The van der Waals surface area contributed by atoms with E-state index >= 15 is 0 Å². The van der Waals surface area contributed by atoms with Crippen LogP contribution in [0.15, 0.2) is 0 Å². The van der Waals surface area contributed by atoms with Gasteiger partial charge in [0.1, 0.15) is 30.2 Å². The van der Waals surface area contributed by atoms with Crippen LogP contribution in [0.25, 0.3) is 0 Å². The Bertz CT molecular complexity index is 1280. The van der Waals surface area contributed by atoms with Crippen molar-refractivity contribution in [3.63, 3.8) is 0 Å². The van der Waals surface area contributed by atoms with E-state index in [1.54, 1.807) is 0 Å². The molecule has 1 heterocycles. The summed E-state index contributed by atoms with van der Waals surface area (Å²) in [5, 5.41) is 51.9. The molecule has 2 aliphatic rings. The summed E-state index contributed by atoms with van der Waals surface area (Å²) in [7, 11) is 0. The van der Waals surface area contributed by atoms with Gasteiger partial charge in [0.25, 0.3) is 0 Å². The third-order valence-corrected chi connectivity index (χ3v) is 8.88. The molecular formula is C32H50N6O13. The van der Waals surface area contributed by atoms with Crippen molar-refractivity contribution in [2.45, 2.75) is 133 Å². The molecule has 10 N–H and O–H groups in total. The lowest BCUT2D eigenvalue weighted by Crippen LogP contribution is -2.59. The number of carboxylic acids is 4. The lowest BCUT2D eigenvalue weighted by molar-refractivity contribution is -0.144. The van der Waals surface area contributed by atoms with Crippen LogP contribution in [-0.2, 0) is 43.2 Å².